The van der Waals surface area contributed by atoms with Crippen LogP contribution in [0, 0.1) is 0 Å². The van der Waals surface area contributed by atoms with E-state index >= 15 is 0 Å². The Morgan fingerprint density at radius 2 is 1.73 bits per heavy atom. The number of benzene rings is 2. The average molecular weight is 293 g/mol. The Morgan fingerprint density at radius 3 is 2.45 bits per heavy atom. The molecule has 22 heavy (non-hydrogen) atoms. The van der Waals surface area contributed by atoms with Crippen LogP contribution >= 0.6 is 0 Å². The Kier molecular flexibility index (Phi) is 3.27. The molecule has 2 aromatic heterocycles. The third-order valence-corrected chi connectivity index (χ3v) is 3.67. The first-order valence-corrected chi connectivity index (χ1v) is 6.81. The molecule has 2 heterocycles. The number of nitrogens with zero attached hydrogens (tertiary/aromatic N) is 2. The third-order valence-electron chi connectivity index (χ3n) is 3.67. The summed E-state index contributed by atoms with van der Waals surface area (Å²) in [7, 11) is 0. The lowest BCUT2D eigenvalue weighted by Gasteiger charge is -2.00. The SMILES string of the molecule is CC(=O)n1c2ccccc2c2[nH]c(-c3ccccc3)nc21.O. The summed E-state index contributed by atoms with van der Waals surface area (Å²) in [5.74, 6) is 0.744. The number of carbonyl (C=O) groups is 1. The Labute approximate surface area is 126 Å². The molecule has 0 atom stereocenters. The van der Waals surface area contributed by atoms with Crippen molar-refractivity contribution in [1.82, 2.24) is 14.5 Å². The molecule has 3 N–H and O–H groups in total. The lowest BCUT2D eigenvalue weighted by atomic mass is 10.2. The van der Waals surface area contributed by atoms with Crippen molar-refractivity contribution in [3.05, 3.63) is 54.6 Å². The zero-order valence-electron chi connectivity index (χ0n) is 12.0. The van der Waals surface area contributed by atoms with Crippen molar-refractivity contribution in [2.75, 3.05) is 0 Å². The molecule has 0 fully saturated rings. The van der Waals surface area contributed by atoms with E-state index in [4.69, 9.17) is 0 Å². The van der Waals surface area contributed by atoms with E-state index < -0.39 is 0 Å². The van der Waals surface area contributed by atoms with Crippen molar-refractivity contribution < 1.29 is 10.3 Å². The number of aromatic amines is 1. The second-order valence-corrected chi connectivity index (χ2v) is 5.02. The highest BCUT2D eigenvalue weighted by molar-refractivity contribution is 6.10. The van der Waals surface area contributed by atoms with Crippen molar-refractivity contribution in [3.63, 3.8) is 0 Å². The molecule has 0 radical (unpaired) electrons. The molecule has 0 aliphatic heterocycles. The Hall–Kier alpha value is -2.92. The van der Waals surface area contributed by atoms with Gasteiger partial charge in [0.25, 0.3) is 0 Å². The van der Waals surface area contributed by atoms with Gasteiger partial charge in [0, 0.05) is 17.9 Å². The maximum absolute atomic E-state index is 12.0. The normalized spacial score (nSPS) is 10.8. The number of aromatic nitrogens is 3. The standard InChI is InChI=1S/C17H13N3O.H2O/c1-11(21)20-14-10-6-5-9-13(14)15-17(20)19-16(18-15)12-7-3-2-4-8-12;/h2-10H,1H3,(H,18,19);1H2. The van der Waals surface area contributed by atoms with Gasteiger partial charge < -0.3 is 10.5 Å². The minimum Gasteiger partial charge on any atom is -0.412 e. The van der Waals surface area contributed by atoms with Gasteiger partial charge in [-0.05, 0) is 6.07 Å². The van der Waals surface area contributed by atoms with Gasteiger partial charge in [-0.15, -0.1) is 0 Å². The van der Waals surface area contributed by atoms with E-state index in [1.165, 1.54) is 0 Å². The quantitative estimate of drug-likeness (QED) is 0.585. The molecule has 2 aromatic carbocycles. The zero-order valence-corrected chi connectivity index (χ0v) is 12.0. The number of fused-ring (bicyclic) bond motifs is 3. The van der Waals surface area contributed by atoms with Crippen molar-refractivity contribution in [2.45, 2.75) is 6.92 Å². The van der Waals surface area contributed by atoms with E-state index in [1.807, 2.05) is 54.6 Å². The Bertz CT molecular complexity index is 968. The number of nitrogens with one attached hydrogen (secondary N) is 1. The molecule has 5 heteroatoms. The molecule has 0 amide bonds. The first kappa shape index (κ1) is 14.0. The average Bonchev–Trinajstić information content (AvgIpc) is 3.04. The monoisotopic (exact) mass is 293 g/mol. The number of carbonyl (C=O) groups excluding carboxylic acids is 1. The molecule has 0 spiro atoms. The molecule has 0 aliphatic carbocycles. The summed E-state index contributed by atoms with van der Waals surface area (Å²) in [6.07, 6.45) is 0. The summed E-state index contributed by atoms with van der Waals surface area (Å²) in [6.45, 7) is 1.56. The highest BCUT2D eigenvalue weighted by atomic mass is 16.1. The molecule has 0 saturated carbocycles. The van der Waals surface area contributed by atoms with Gasteiger partial charge in [-0.1, -0.05) is 48.5 Å². The molecule has 0 saturated heterocycles. The fourth-order valence-electron chi connectivity index (χ4n) is 2.76. The van der Waals surface area contributed by atoms with Crippen LogP contribution in [0.5, 0.6) is 0 Å². The van der Waals surface area contributed by atoms with Crippen LogP contribution in [0.2, 0.25) is 0 Å². The summed E-state index contributed by atoms with van der Waals surface area (Å²) >= 11 is 0. The maximum Gasteiger partial charge on any atom is 0.229 e. The van der Waals surface area contributed by atoms with Crippen LogP contribution in [0.3, 0.4) is 0 Å². The van der Waals surface area contributed by atoms with Crippen molar-refractivity contribution in [3.8, 4) is 11.4 Å². The van der Waals surface area contributed by atoms with Gasteiger partial charge in [-0.25, -0.2) is 4.98 Å². The highest BCUT2D eigenvalue weighted by Gasteiger charge is 2.17. The van der Waals surface area contributed by atoms with Crippen molar-refractivity contribution in [2.24, 2.45) is 0 Å². The second kappa shape index (κ2) is 5.13. The van der Waals surface area contributed by atoms with Crippen LogP contribution in [-0.4, -0.2) is 25.9 Å². The van der Waals surface area contributed by atoms with Gasteiger partial charge in [0.05, 0.1) is 11.0 Å². The molecule has 4 rings (SSSR count). The number of para-hydroxylation sites is 1. The Morgan fingerprint density at radius 1 is 1.05 bits per heavy atom. The van der Waals surface area contributed by atoms with Crippen LogP contribution in [0.1, 0.15) is 11.7 Å². The minimum atomic E-state index is -0.0349. The summed E-state index contributed by atoms with van der Waals surface area (Å²) in [5.41, 5.74) is 3.48. The van der Waals surface area contributed by atoms with Crippen molar-refractivity contribution in [1.29, 1.82) is 0 Å². The number of hydrogen-bond donors (Lipinski definition) is 1. The third kappa shape index (κ3) is 1.91. The second-order valence-electron chi connectivity index (χ2n) is 5.02. The predicted molar refractivity (Wildman–Crippen MR) is 86.9 cm³/mol. The molecule has 4 aromatic rings. The maximum atomic E-state index is 12.0. The fraction of sp³-hybridized carbons (Fsp3) is 0.0588. The Balaban J connectivity index is 0.00000144. The van der Waals surface area contributed by atoms with Gasteiger partial charge in [-0.3, -0.25) is 9.36 Å². The van der Waals surface area contributed by atoms with E-state index in [0.717, 1.165) is 27.8 Å². The van der Waals surface area contributed by atoms with E-state index in [9.17, 15) is 4.79 Å². The largest absolute Gasteiger partial charge is 0.412 e. The molecular weight excluding hydrogens is 278 g/mol. The molecule has 110 valence electrons. The van der Waals surface area contributed by atoms with Gasteiger partial charge >= 0.3 is 0 Å². The summed E-state index contributed by atoms with van der Waals surface area (Å²) < 4.78 is 1.66. The van der Waals surface area contributed by atoms with E-state index in [2.05, 4.69) is 9.97 Å². The van der Waals surface area contributed by atoms with Crippen LogP contribution in [0.4, 0.5) is 0 Å². The number of hydrogen-bond acceptors (Lipinski definition) is 2. The van der Waals surface area contributed by atoms with E-state index in [-0.39, 0.29) is 11.4 Å². The van der Waals surface area contributed by atoms with Crippen LogP contribution in [0.15, 0.2) is 54.6 Å². The lowest BCUT2D eigenvalue weighted by Crippen LogP contribution is -2.05. The summed E-state index contributed by atoms with van der Waals surface area (Å²) in [6, 6.07) is 17.7. The molecule has 0 unspecified atom stereocenters. The summed E-state index contributed by atoms with van der Waals surface area (Å²) in [5, 5.41) is 1.01. The highest BCUT2D eigenvalue weighted by Crippen LogP contribution is 2.29. The van der Waals surface area contributed by atoms with Gasteiger partial charge in [0.15, 0.2) is 5.65 Å². The number of rotatable bonds is 1. The topological polar surface area (TPSA) is 82.2 Å². The molecule has 0 bridgehead atoms. The van der Waals surface area contributed by atoms with E-state index in [0.29, 0.717) is 5.65 Å². The predicted octanol–water partition coefficient (Wildman–Crippen LogP) is 3.02. The van der Waals surface area contributed by atoms with Crippen LogP contribution in [-0.2, 0) is 0 Å². The fourth-order valence-corrected chi connectivity index (χ4v) is 2.76. The zero-order chi connectivity index (χ0) is 14.4. The van der Waals surface area contributed by atoms with Crippen molar-refractivity contribution >= 4 is 28.0 Å². The molecule has 0 aliphatic rings. The van der Waals surface area contributed by atoms with Gasteiger partial charge in [-0.2, -0.15) is 0 Å². The van der Waals surface area contributed by atoms with Crippen LogP contribution in [0.25, 0.3) is 33.5 Å². The smallest absolute Gasteiger partial charge is 0.229 e. The number of imidazole rings is 1. The number of H-pyrrole nitrogens is 1. The van der Waals surface area contributed by atoms with Gasteiger partial charge in [0.1, 0.15) is 5.82 Å². The first-order chi connectivity index (χ1) is 10.3. The first-order valence-electron chi connectivity index (χ1n) is 6.81. The minimum absolute atomic E-state index is 0. The van der Waals surface area contributed by atoms with Gasteiger partial charge in [0.2, 0.25) is 5.91 Å². The lowest BCUT2D eigenvalue weighted by molar-refractivity contribution is 0.0946. The van der Waals surface area contributed by atoms with E-state index in [1.54, 1.807) is 11.5 Å². The summed E-state index contributed by atoms with van der Waals surface area (Å²) in [4.78, 5) is 20.0. The van der Waals surface area contributed by atoms with Crippen LogP contribution < -0.4 is 0 Å². The molecule has 5 nitrogen and oxygen atoms in total. The molecular formula is C17H15N3O2.